The summed E-state index contributed by atoms with van der Waals surface area (Å²) in [4.78, 5) is 9.36. The van der Waals surface area contributed by atoms with Crippen LogP contribution in [-0.4, -0.2) is 20.2 Å². The van der Waals surface area contributed by atoms with Crippen LogP contribution >= 0.6 is 0 Å². The average molecular weight is 372 g/mol. The molecule has 0 unspecified atom stereocenters. The summed E-state index contributed by atoms with van der Waals surface area (Å²) in [5.41, 5.74) is 4.48. The first kappa shape index (κ1) is 17.6. The fraction of sp³-hybridized carbons (Fsp3) is 0.0909. The third kappa shape index (κ3) is 3.53. The predicted molar refractivity (Wildman–Crippen MR) is 112 cm³/mol. The Morgan fingerprint density at radius 1 is 0.643 bits per heavy atom. The van der Waals surface area contributed by atoms with E-state index in [1.807, 2.05) is 62.4 Å². The quantitative estimate of drug-likeness (QED) is 0.396. The van der Waals surface area contributed by atoms with E-state index in [2.05, 4.69) is 20.6 Å². The highest BCUT2D eigenvalue weighted by Crippen LogP contribution is 2.31. The largest absolute Gasteiger partial charge is 0.508 e. The molecule has 0 aliphatic carbocycles. The van der Waals surface area contributed by atoms with E-state index in [1.54, 1.807) is 12.1 Å². The molecule has 6 heteroatoms. The molecule has 1 heterocycles. The van der Waals surface area contributed by atoms with Crippen molar-refractivity contribution in [1.82, 2.24) is 9.97 Å². The minimum atomic E-state index is 0.205. The Balaban J connectivity index is 1.77. The van der Waals surface area contributed by atoms with Gasteiger partial charge in [0.2, 0.25) is 0 Å². The zero-order chi connectivity index (χ0) is 19.7. The number of hydrogen-bond donors (Lipinski definition) is 4. The van der Waals surface area contributed by atoms with Crippen molar-refractivity contribution in [3.63, 3.8) is 0 Å². The van der Waals surface area contributed by atoms with Gasteiger partial charge in [0.05, 0.1) is 11.0 Å². The number of anilines is 4. The summed E-state index contributed by atoms with van der Waals surface area (Å²) in [6.07, 6.45) is 0. The molecule has 4 rings (SSSR count). The second kappa shape index (κ2) is 7.08. The number of benzene rings is 3. The predicted octanol–water partition coefficient (Wildman–Crippen LogP) is 5.15. The number of phenols is 2. The Kier molecular flexibility index (Phi) is 4.45. The molecule has 28 heavy (non-hydrogen) atoms. The minimum absolute atomic E-state index is 0.205. The van der Waals surface area contributed by atoms with Crippen LogP contribution in [0.2, 0.25) is 0 Å². The summed E-state index contributed by atoms with van der Waals surface area (Å²) in [7, 11) is 0. The topological polar surface area (TPSA) is 90.3 Å². The number of aromatic nitrogens is 2. The average Bonchev–Trinajstić information content (AvgIpc) is 2.68. The van der Waals surface area contributed by atoms with Crippen LogP contribution in [0, 0.1) is 13.8 Å². The summed E-state index contributed by atoms with van der Waals surface area (Å²) in [6.45, 7) is 3.68. The number of nitrogens with zero attached hydrogens (tertiary/aromatic N) is 2. The van der Waals surface area contributed by atoms with Crippen molar-refractivity contribution >= 4 is 34.0 Å². The molecule has 0 fully saturated rings. The highest BCUT2D eigenvalue weighted by atomic mass is 16.3. The van der Waals surface area contributed by atoms with E-state index in [0.717, 1.165) is 22.2 Å². The van der Waals surface area contributed by atoms with Gasteiger partial charge in [0.15, 0.2) is 11.6 Å². The molecule has 0 saturated carbocycles. The summed E-state index contributed by atoms with van der Waals surface area (Å²) in [5, 5.41) is 26.4. The molecule has 0 radical (unpaired) electrons. The van der Waals surface area contributed by atoms with Crippen molar-refractivity contribution in [2.45, 2.75) is 13.8 Å². The van der Waals surface area contributed by atoms with Crippen molar-refractivity contribution in [2.75, 3.05) is 10.6 Å². The zero-order valence-corrected chi connectivity index (χ0v) is 15.6. The normalized spacial score (nSPS) is 10.8. The first-order chi connectivity index (χ1) is 13.5. The lowest BCUT2D eigenvalue weighted by Gasteiger charge is -2.14. The molecule has 0 bridgehead atoms. The molecule has 0 spiro atoms. The maximum absolute atomic E-state index is 9.99. The number of hydrogen-bond acceptors (Lipinski definition) is 6. The van der Waals surface area contributed by atoms with Gasteiger partial charge in [-0.25, -0.2) is 9.97 Å². The van der Waals surface area contributed by atoms with Crippen molar-refractivity contribution in [1.29, 1.82) is 0 Å². The fourth-order valence-corrected chi connectivity index (χ4v) is 2.82. The summed E-state index contributed by atoms with van der Waals surface area (Å²) >= 11 is 0. The molecule has 4 aromatic rings. The first-order valence-electron chi connectivity index (χ1n) is 8.90. The third-order valence-corrected chi connectivity index (χ3v) is 4.51. The molecule has 6 nitrogen and oxygen atoms in total. The Morgan fingerprint density at radius 2 is 1.07 bits per heavy atom. The molecule has 0 atom stereocenters. The van der Waals surface area contributed by atoms with Crippen LogP contribution < -0.4 is 10.6 Å². The molecule has 1 aromatic heterocycles. The maximum atomic E-state index is 9.99. The summed E-state index contributed by atoms with van der Waals surface area (Å²) in [5.74, 6) is 1.44. The SMILES string of the molecule is Cc1ccc(Nc2nc3ccccc3nc2Nc2ccc(C)c(O)c2)cc1O. The van der Waals surface area contributed by atoms with Crippen molar-refractivity contribution < 1.29 is 10.2 Å². The number of aromatic hydroxyl groups is 2. The minimum Gasteiger partial charge on any atom is -0.508 e. The van der Waals surface area contributed by atoms with Gasteiger partial charge in [-0.2, -0.15) is 0 Å². The van der Waals surface area contributed by atoms with Gasteiger partial charge in [0.25, 0.3) is 0 Å². The van der Waals surface area contributed by atoms with E-state index >= 15 is 0 Å². The molecule has 0 aliphatic rings. The highest BCUT2D eigenvalue weighted by Gasteiger charge is 2.11. The lowest BCUT2D eigenvalue weighted by molar-refractivity contribution is 0.471. The van der Waals surface area contributed by atoms with Gasteiger partial charge in [0, 0.05) is 23.5 Å². The molecule has 140 valence electrons. The van der Waals surface area contributed by atoms with E-state index < -0.39 is 0 Å². The van der Waals surface area contributed by atoms with Gasteiger partial charge < -0.3 is 20.8 Å². The molecule has 4 N–H and O–H groups in total. The Morgan fingerprint density at radius 3 is 1.46 bits per heavy atom. The van der Waals surface area contributed by atoms with E-state index in [1.165, 1.54) is 0 Å². The van der Waals surface area contributed by atoms with Gasteiger partial charge in [-0.05, 0) is 49.2 Å². The molecule has 0 saturated heterocycles. The summed E-state index contributed by atoms with van der Waals surface area (Å²) in [6, 6.07) is 18.3. The number of para-hydroxylation sites is 2. The number of nitrogens with one attached hydrogen (secondary N) is 2. The molecular weight excluding hydrogens is 352 g/mol. The van der Waals surface area contributed by atoms with Crippen LogP contribution in [0.25, 0.3) is 11.0 Å². The lowest BCUT2D eigenvalue weighted by Crippen LogP contribution is -2.03. The van der Waals surface area contributed by atoms with Crippen molar-refractivity contribution in [3.05, 3.63) is 71.8 Å². The Hall–Kier alpha value is -3.80. The number of phenolic OH excluding ortho intramolecular Hbond substituents is 2. The van der Waals surface area contributed by atoms with Crippen LogP contribution in [0.1, 0.15) is 11.1 Å². The molecular formula is C22H20N4O2. The monoisotopic (exact) mass is 372 g/mol. The number of rotatable bonds is 4. The lowest BCUT2D eigenvalue weighted by atomic mass is 10.2. The molecule has 0 amide bonds. The molecule has 0 aliphatic heterocycles. The van der Waals surface area contributed by atoms with Crippen LogP contribution in [0.4, 0.5) is 23.0 Å². The third-order valence-electron chi connectivity index (χ3n) is 4.51. The van der Waals surface area contributed by atoms with Crippen LogP contribution in [-0.2, 0) is 0 Å². The van der Waals surface area contributed by atoms with Crippen LogP contribution in [0.3, 0.4) is 0 Å². The summed E-state index contributed by atoms with van der Waals surface area (Å²) < 4.78 is 0. The van der Waals surface area contributed by atoms with E-state index in [4.69, 9.17) is 0 Å². The number of fused-ring (bicyclic) bond motifs is 1. The van der Waals surface area contributed by atoms with Gasteiger partial charge in [0.1, 0.15) is 11.5 Å². The Bertz CT molecular complexity index is 1080. The maximum Gasteiger partial charge on any atom is 0.174 e. The highest BCUT2D eigenvalue weighted by molar-refractivity contribution is 5.83. The molecule has 3 aromatic carbocycles. The van der Waals surface area contributed by atoms with Crippen LogP contribution in [0.15, 0.2) is 60.7 Å². The van der Waals surface area contributed by atoms with Crippen molar-refractivity contribution in [2.24, 2.45) is 0 Å². The Labute approximate surface area is 162 Å². The first-order valence-corrected chi connectivity index (χ1v) is 8.90. The van der Waals surface area contributed by atoms with E-state index in [0.29, 0.717) is 23.0 Å². The van der Waals surface area contributed by atoms with Crippen LogP contribution in [0.5, 0.6) is 11.5 Å². The second-order valence-electron chi connectivity index (χ2n) is 6.66. The van der Waals surface area contributed by atoms with Gasteiger partial charge in [-0.3, -0.25) is 0 Å². The standard InChI is InChI=1S/C22H20N4O2/c1-13-7-9-15(11-19(13)27)23-21-22(24-16-10-8-14(2)20(28)12-16)26-18-6-4-3-5-17(18)25-21/h3-12,27-28H,1-2H3,(H,23,25)(H,24,26). The van der Waals surface area contributed by atoms with E-state index in [-0.39, 0.29) is 11.5 Å². The number of aryl methyl sites for hydroxylation is 2. The fourth-order valence-electron chi connectivity index (χ4n) is 2.82. The van der Waals surface area contributed by atoms with Gasteiger partial charge in [-0.1, -0.05) is 24.3 Å². The van der Waals surface area contributed by atoms with Gasteiger partial charge in [-0.15, -0.1) is 0 Å². The second-order valence-corrected chi connectivity index (χ2v) is 6.66. The zero-order valence-electron chi connectivity index (χ0n) is 15.6. The van der Waals surface area contributed by atoms with E-state index in [9.17, 15) is 10.2 Å². The smallest absolute Gasteiger partial charge is 0.174 e. The van der Waals surface area contributed by atoms with Crippen molar-refractivity contribution in [3.8, 4) is 11.5 Å². The van der Waals surface area contributed by atoms with Gasteiger partial charge >= 0.3 is 0 Å².